The summed E-state index contributed by atoms with van der Waals surface area (Å²) in [5, 5.41) is 7.96. The minimum Gasteiger partial charge on any atom is -0.375 e. The lowest BCUT2D eigenvalue weighted by Crippen LogP contribution is -2.24. The summed E-state index contributed by atoms with van der Waals surface area (Å²) in [6.07, 6.45) is 0.262. The highest BCUT2D eigenvalue weighted by Gasteiger charge is 2.07. The van der Waals surface area contributed by atoms with Crippen molar-refractivity contribution in [2.24, 2.45) is 0 Å². The molecule has 90 valence electrons. The molecule has 0 fully saturated rings. The fraction of sp³-hybridized carbons (Fsp3) is 0.300. The van der Waals surface area contributed by atoms with Crippen molar-refractivity contribution in [1.82, 2.24) is 15.3 Å². The highest BCUT2D eigenvalue weighted by Crippen LogP contribution is 2.11. The van der Waals surface area contributed by atoms with E-state index < -0.39 is 0 Å². The zero-order chi connectivity index (χ0) is 12.3. The fourth-order valence-electron chi connectivity index (χ4n) is 1.29. The van der Waals surface area contributed by atoms with E-state index >= 15 is 0 Å². The summed E-state index contributed by atoms with van der Waals surface area (Å²) in [4.78, 5) is 19.9. The van der Waals surface area contributed by atoms with Gasteiger partial charge in [-0.1, -0.05) is 0 Å². The Balaban J connectivity index is 1.82. The van der Waals surface area contributed by atoms with Gasteiger partial charge in [-0.05, 0) is 6.92 Å². The van der Waals surface area contributed by atoms with Gasteiger partial charge in [0.2, 0.25) is 5.91 Å². The Labute approximate surface area is 107 Å². The van der Waals surface area contributed by atoms with E-state index in [1.807, 2.05) is 12.3 Å². The third-order valence-electron chi connectivity index (χ3n) is 2.01. The van der Waals surface area contributed by atoms with Crippen LogP contribution in [0.25, 0.3) is 0 Å². The number of carbonyl (C=O) groups is 1. The zero-order valence-electron chi connectivity index (χ0n) is 9.27. The molecule has 2 rings (SSSR count). The van der Waals surface area contributed by atoms with Crippen molar-refractivity contribution in [3.8, 4) is 0 Å². The minimum atomic E-state index is -0.0665. The lowest BCUT2D eigenvalue weighted by molar-refractivity contribution is -0.120. The minimum absolute atomic E-state index is 0.0665. The molecule has 7 heteroatoms. The van der Waals surface area contributed by atoms with E-state index in [0.717, 1.165) is 10.7 Å². The molecular formula is C10H12N4OS2. The summed E-state index contributed by atoms with van der Waals surface area (Å²) in [5.74, 6) is -0.0665. The molecule has 0 bridgehead atoms. The molecule has 5 nitrogen and oxygen atoms in total. The number of amides is 1. The molecule has 2 heterocycles. The normalized spacial score (nSPS) is 10.4. The second kappa shape index (κ2) is 5.24. The van der Waals surface area contributed by atoms with Crippen molar-refractivity contribution < 1.29 is 4.79 Å². The van der Waals surface area contributed by atoms with E-state index in [-0.39, 0.29) is 12.3 Å². The molecule has 0 spiro atoms. The van der Waals surface area contributed by atoms with Crippen molar-refractivity contribution in [2.75, 3.05) is 5.73 Å². The van der Waals surface area contributed by atoms with Crippen molar-refractivity contribution >= 4 is 33.7 Å². The SMILES string of the molecule is Cc1csc(CNC(=O)Cc2csc(N)n2)n1. The maximum absolute atomic E-state index is 11.6. The van der Waals surface area contributed by atoms with E-state index in [0.29, 0.717) is 17.4 Å². The number of nitrogens with two attached hydrogens (primary N) is 1. The molecule has 0 unspecified atom stereocenters. The van der Waals surface area contributed by atoms with Gasteiger partial charge in [0.1, 0.15) is 5.01 Å². The smallest absolute Gasteiger partial charge is 0.226 e. The van der Waals surface area contributed by atoms with E-state index in [4.69, 9.17) is 5.73 Å². The average molecular weight is 268 g/mol. The Kier molecular flexibility index (Phi) is 3.70. The number of thiazole rings is 2. The summed E-state index contributed by atoms with van der Waals surface area (Å²) in [7, 11) is 0. The van der Waals surface area contributed by atoms with Gasteiger partial charge in [0.15, 0.2) is 5.13 Å². The number of nitrogen functional groups attached to an aromatic ring is 1. The Bertz CT molecular complexity index is 520. The van der Waals surface area contributed by atoms with Gasteiger partial charge in [-0.25, -0.2) is 9.97 Å². The molecule has 0 aliphatic rings. The molecule has 3 N–H and O–H groups in total. The Morgan fingerprint density at radius 2 is 2.24 bits per heavy atom. The first-order valence-electron chi connectivity index (χ1n) is 5.01. The molecule has 17 heavy (non-hydrogen) atoms. The summed E-state index contributed by atoms with van der Waals surface area (Å²) < 4.78 is 0. The topological polar surface area (TPSA) is 80.9 Å². The number of aryl methyl sites for hydroxylation is 1. The van der Waals surface area contributed by atoms with E-state index in [9.17, 15) is 4.79 Å². The molecule has 0 atom stereocenters. The van der Waals surface area contributed by atoms with Gasteiger partial charge >= 0.3 is 0 Å². The second-order valence-electron chi connectivity index (χ2n) is 3.51. The van der Waals surface area contributed by atoms with Crippen LogP contribution in [0.4, 0.5) is 5.13 Å². The third kappa shape index (κ3) is 3.50. The number of hydrogen-bond donors (Lipinski definition) is 2. The molecule has 2 aromatic heterocycles. The van der Waals surface area contributed by atoms with Crippen LogP contribution < -0.4 is 11.1 Å². The van der Waals surface area contributed by atoms with Crippen LogP contribution in [0.15, 0.2) is 10.8 Å². The van der Waals surface area contributed by atoms with Crippen LogP contribution in [0, 0.1) is 6.92 Å². The average Bonchev–Trinajstić information content (AvgIpc) is 2.85. The quantitative estimate of drug-likeness (QED) is 0.877. The number of rotatable bonds is 4. The van der Waals surface area contributed by atoms with Gasteiger partial charge in [-0.15, -0.1) is 22.7 Å². The van der Waals surface area contributed by atoms with Crippen LogP contribution in [-0.2, 0) is 17.8 Å². The van der Waals surface area contributed by atoms with Gasteiger partial charge in [-0.2, -0.15) is 0 Å². The molecule has 0 saturated heterocycles. The highest BCUT2D eigenvalue weighted by molar-refractivity contribution is 7.13. The maximum atomic E-state index is 11.6. The first-order valence-corrected chi connectivity index (χ1v) is 6.77. The number of carbonyl (C=O) groups excluding carboxylic acids is 1. The van der Waals surface area contributed by atoms with E-state index in [1.54, 1.807) is 16.7 Å². The number of nitrogens with one attached hydrogen (secondary N) is 1. The maximum Gasteiger partial charge on any atom is 0.226 e. The standard InChI is InChI=1S/C10H12N4OS2/c1-6-4-16-9(13-6)3-12-8(15)2-7-5-17-10(11)14-7/h4-5H,2-3H2,1H3,(H2,11,14)(H,12,15). The Morgan fingerprint density at radius 1 is 1.41 bits per heavy atom. The first kappa shape index (κ1) is 12.0. The van der Waals surface area contributed by atoms with E-state index in [2.05, 4.69) is 15.3 Å². The van der Waals surface area contributed by atoms with Crippen molar-refractivity contribution in [2.45, 2.75) is 19.9 Å². The first-order chi connectivity index (χ1) is 8.13. The molecule has 0 saturated carbocycles. The summed E-state index contributed by atoms with van der Waals surface area (Å²) in [6, 6.07) is 0. The van der Waals surface area contributed by atoms with Crippen molar-refractivity contribution in [3.05, 3.63) is 27.2 Å². The Morgan fingerprint density at radius 3 is 2.82 bits per heavy atom. The monoisotopic (exact) mass is 268 g/mol. The van der Waals surface area contributed by atoms with Crippen LogP contribution in [0.3, 0.4) is 0 Å². The molecule has 0 aromatic carbocycles. The largest absolute Gasteiger partial charge is 0.375 e. The molecule has 1 amide bonds. The van der Waals surface area contributed by atoms with Crippen molar-refractivity contribution in [1.29, 1.82) is 0 Å². The fourth-order valence-corrected chi connectivity index (χ4v) is 2.56. The van der Waals surface area contributed by atoms with Gasteiger partial charge in [-0.3, -0.25) is 4.79 Å². The van der Waals surface area contributed by atoms with Crippen LogP contribution >= 0.6 is 22.7 Å². The van der Waals surface area contributed by atoms with Crippen LogP contribution in [0.1, 0.15) is 16.4 Å². The zero-order valence-corrected chi connectivity index (χ0v) is 10.9. The van der Waals surface area contributed by atoms with Crippen LogP contribution in [0.5, 0.6) is 0 Å². The number of nitrogens with zero attached hydrogens (tertiary/aromatic N) is 2. The summed E-state index contributed by atoms with van der Waals surface area (Å²) in [5.41, 5.74) is 7.18. The van der Waals surface area contributed by atoms with Crippen LogP contribution in [0.2, 0.25) is 0 Å². The van der Waals surface area contributed by atoms with Gasteiger partial charge in [0.25, 0.3) is 0 Å². The van der Waals surface area contributed by atoms with E-state index in [1.165, 1.54) is 11.3 Å². The number of aromatic nitrogens is 2. The van der Waals surface area contributed by atoms with Gasteiger partial charge < -0.3 is 11.1 Å². The predicted molar refractivity (Wildman–Crippen MR) is 68.9 cm³/mol. The number of anilines is 1. The lowest BCUT2D eigenvalue weighted by Gasteiger charge is -2.00. The lowest BCUT2D eigenvalue weighted by atomic mass is 10.3. The predicted octanol–water partition coefficient (Wildman–Crippen LogP) is 1.35. The molecule has 0 aliphatic heterocycles. The van der Waals surface area contributed by atoms with Crippen LogP contribution in [-0.4, -0.2) is 15.9 Å². The molecule has 2 aromatic rings. The summed E-state index contributed by atoms with van der Waals surface area (Å²) in [6.45, 7) is 2.40. The molecule has 0 aliphatic carbocycles. The molecule has 0 radical (unpaired) electrons. The third-order valence-corrected chi connectivity index (χ3v) is 3.70. The van der Waals surface area contributed by atoms with Gasteiger partial charge in [0, 0.05) is 16.5 Å². The molecular weight excluding hydrogens is 256 g/mol. The summed E-state index contributed by atoms with van der Waals surface area (Å²) >= 11 is 2.88. The van der Waals surface area contributed by atoms with Crippen molar-refractivity contribution in [3.63, 3.8) is 0 Å². The highest BCUT2D eigenvalue weighted by atomic mass is 32.1. The number of hydrogen-bond acceptors (Lipinski definition) is 6. The Hall–Kier alpha value is -1.47. The second-order valence-corrected chi connectivity index (χ2v) is 5.35. The van der Waals surface area contributed by atoms with Gasteiger partial charge in [0.05, 0.1) is 18.7 Å².